The van der Waals surface area contributed by atoms with Gasteiger partial charge in [0.05, 0.1) is 5.71 Å². The van der Waals surface area contributed by atoms with E-state index in [4.69, 9.17) is 11.6 Å². The van der Waals surface area contributed by atoms with Gasteiger partial charge in [0, 0.05) is 42.2 Å². The normalized spacial score (nSPS) is 12.5. The van der Waals surface area contributed by atoms with E-state index in [0.717, 1.165) is 32.7 Å². The van der Waals surface area contributed by atoms with Gasteiger partial charge in [-0.3, -0.25) is 4.99 Å². The predicted octanol–water partition coefficient (Wildman–Crippen LogP) is 4.47. The first kappa shape index (κ1) is 18.5. The lowest BCUT2D eigenvalue weighted by molar-refractivity contribution is 0.891. The Bertz CT molecular complexity index is 775. The van der Waals surface area contributed by atoms with Crippen LogP contribution in [0.4, 0.5) is 5.00 Å². The van der Waals surface area contributed by atoms with Crippen molar-refractivity contribution in [3.8, 4) is 0 Å². The average molecular weight is 363 g/mol. The molecule has 0 atom stereocenters. The van der Waals surface area contributed by atoms with Gasteiger partial charge in [-0.15, -0.1) is 11.3 Å². The molecule has 1 N–H and O–H groups in total. The summed E-state index contributed by atoms with van der Waals surface area (Å²) in [5.74, 6) is 0.895. The molecule has 0 aliphatic carbocycles. The molecule has 0 aliphatic heterocycles. The van der Waals surface area contributed by atoms with E-state index >= 15 is 0 Å². The number of aryl methyl sites for hydroxylation is 1. The monoisotopic (exact) mass is 362 g/mol. The molecule has 0 bridgehead atoms. The molecular weight excluding hydrogens is 340 g/mol. The van der Waals surface area contributed by atoms with Gasteiger partial charge in [-0.1, -0.05) is 23.7 Å². The second-order valence-electron chi connectivity index (χ2n) is 5.48. The van der Waals surface area contributed by atoms with Crippen molar-refractivity contribution < 1.29 is 0 Å². The molecule has 0 spiro atoms. The van der Waals surface area contributed by atoms with Crippen molar-refractivity contribution in [2.45, 2.75) is 20.8 Å². The summed E-state index contributed by atoms with van der Waals surface area (Å²) in [5.41, 5.74) is 7.26. The van der Waals surface area contributed by atoms with E-state index in [-0.39, 0.29) is 0 Å². The number of nitrogens with one attached hydrogen (secondary N) is 1. The highest BCUT2D eigenvalue weighted by Gasteiger charge is 2.22. The molecule has 1 aromatic heterocycles. The fraction of sp³-hybridized carbons (Fsp3) is 0.333. The molecule has 2 rings (SSSR count). The molecule has 128 valence electrons. The van der Waals surface area contributed by atoms with Gasteiger partial charge in [0.1, 0.15) is 10.8 Å². The highest BCUT2D eigenvalue weighted by atomic mass is 35.5. The van der Waals surface area contributed by atoms with Crippen LogP contribution in [-0.2, 0) is 0 Å². The third-order valence-electron chi connectivity index (χ3n) is 4.01. The van der Waals surface area contributed by atoms with Crippen LogP contribution in [0.15, 0.2) is 34.4 Å². The van der Waals surface area contributed by atoms with Crippen molar-refractivity contribution in [1.29, 1.82) is 0 Å². The maximum atomic E-state index is 6.03. The number of aliphatic imine (C=N–C) groups is 1. The van der Waals surface area contributed by atoms with Crippen LogP contribution in [0.3, 0.4) is 0 Å². The molecule has 0 radical (unpaired) electrons. The summed E-state index contributed by atoms with van der Waals surface area (Å²) in [4.78, 5) is 7.95. The Hall–Kier alpha value is -1.85. The van der Waals surface area contributed by atoms with Crippen LogP contribution >= 0.6 is 22.9 Å². The van der Waals surface area contributed by atoms with Gasteiger partial charge in [0.15, 0.2) is 0 Å². The number of halogens is 1. The summed E-state index contributed by atoms with van der Waals surface area (Å²) in [6.07, 6.45) is 0. The highest BCUT2D eigenvalue weighted by Crippen LogP contribution is 2.37. The largest absolute Gasteiger partial charge is 0.323 e. The first-order valence-corrected chi connectivity index (χ1v) is 8.88. The lowest BCUT2D eigenvalue weighted by Gasteiger charge is -2.20. The molecule has 2 aromatic rings. The third-order valence-corrected chi connectivity index (χ3v) is 5.54. The van der Waals surface area contributed by atoms with Gasteiger partial charge < -0.3 is 10.3 Å². The SMILES string of the molecule is C/N=C(/c1ccc(Cl)cc1)c1c(N(C)/C(C)=N\NC)sc(C)c1C. The van der Waals surface area contributed by atoms with E-state index in [2.05, 4.69) is 34.3 Å². The zero-order valence-corrected chi connectivity index (χ0v) is 16.5. The summed E-state index contributed by atoms with van der Waals surface area (Å²) in [6.45, 7) is 6.26. The van der Waals surface area contributed by atoms with Crippen molar-refractivity contribution in [2.24, 2.45) is 10.1 Å². The van der Waals surface area contributed by atoms with E-state index < -0.39 is 0 Å². The number of hydrogen-bond acceptors (Lipinski definition) is 4. The Morgan fingerprint density at radius 2 is 1.83 bits per heavy atom. The van der Waals surface area contributed by atoms with Crippen LogP contribution in [0.2, 0.25) is 5.02 Å². The van der Waals surface area contributed by atoms with Gasteiger partial charge in [-0.25, -0.2) is 0 Å². The minimum absolute atomic E-state index is 0.724. The zero-order chi connectivity index (χ0) is 17.9. The molecular formula is C18H23ClN4S. The predicted molar refractivity (Wildman–Crippen MR) is 107 cm³/mol. The van der Waals surface area contributed by atoms with Crippen LogP contribution in [0, 0.1) is 13.8 Å². The number of rotatable bonds is 4. The smallest absolute Gasteiger partial charge is 0.126 e. The number of anilines is 1. The first-order chi connectivity index (χ1) is 11.4. The third kappa shape index (κ3) is 3.62. The summed E-state index contributed by atoms with van der Waals surface area (Å²) >= 11 is 7.79. The molecule has 0 amide bonds. The number of benzene rings is 1. The molecule has 6 heteroatoms. The lowest BCUT2D eigenvalue weighted by atomic mass is 9.99. The van der Waals surface area contributed by atoms with Crippen LogP contribution in [0.1, 0.15) is 28.5 Å². The van der Waals surface area contributed by atoms with Crippen molar-refractivity contribution in [2.75, 3.05) is 26.0 Å². The summed E-state index contributed by atoms with van der Waals surface area (Å²) in [6, 6.07) is 7.81. The standard InChI is InChI=1S/C18H23ClN4S/c1-11-12(2)24-18(23(6)13(3)22-21-5)16(11)17(20-4)14-7-9-15(19)10-8-14/h7-10,21H,1-6H3/b20-17-,22-13-. The van der Waals surface area contributed by atoms with Crippen LogP contribution < -0.4 is 10.3 Å². The fourth-order valence-corrected chi connectivity index (χ4v) is 3.79. The molecule has 24 heavy (non-hydrogen) atoms. The molecule has 4 nitrogen and oxygen atoms in total. The summed E-state index contributed by atoms with van der Waals surface area (Å²) in [7, 11) is 5.66. The molecule has 0 saturated heterocycles. The molecule has 1 heterocycles. The number of amidine groups is 1. The second-order valence-corrected chi connectivity index (χ2v) is 7.12. The van der Waals surface area contributed by atoms with Gasteiger partial charge >= 0.3 is 0 Å². The first-order valence-electron chi connectivity index (χ1n) is 7.68. The number of nitrogens with zero attached hydrogens (tertiary/aromatic N) is 3. The van der Waals surface area contributed by atoms with Crippen LogP contribution in [0.25, 0.3) is 0 Å². The Balaban J connectivity index is 2.60. The van der Waals surface area contributed by atoms with Crippen molar-refractivity contribution in [3.63, 3.8) is 0 Å². The lowest BCUT2D eigenvalue weighted by Crippen LogP contribution is -2.26. The van der Waals surface area contributed by atoms with Crippen LogP contribution in [-0.4, -0.2) is 32.7 Å². The zero-order valence-electron chi connectivity index (χ0n) is 14.9. The van der Waals surface area contributed by atoms with E-state index in [1.807, 2.05) is 45.3 Å². The van der Waals surface area contributed by atoms with Gasteiger partial charge in [-0.05, 0) is 38.5 Å². The van der Waals surface area contributed by atoms with Crippen molar-refractivity contribution in [3.05, 3.63) is 50.9 Å². The van der Waals surface area contributed by atoms with Gasteiger partial charge in [-0.2, -0.15) is 5.10 Å². The molecule has 0 saturated carbocycles. The maximum absolute atomic E-state index is 6.03. The Morgan fingerprint density at radius 3 is 2.38 bits per heavy atom. The van der Waals surface area contributed by atoms with E-state index in [1.165, 1.54) is 10.4 Å². The second kappa shape index (κ2) is 7.81. The molecule has 0 unspecified atom stereocenters. The van der Waals surface area contributed by atoms with Crippen LogP contribution in [0.5, 0.6) is 0 Å². The number of hydrogen-bond donors (Lipinski definition) is 1. The van der Waals surface area contributed by atoms with E-state index in [9.17, 15) is 0 Å². The molecule has 0 aliphatic rings. The van der Waals surface area contributed by atoms with Gasteiger partial charge in [0.25, 0.3) is 0 Å². The minimum atomic E-state index is 0.724. The Morgan fingerprint density at radius 1 is 1.21 bits per heavy atom. The van der Waals surface area contributed by atoms with E-state index in [1.54, 1.807) is 18.4 Å². The van der Waals surface area contributed by atoms with Gasteiger partial charge in [0.2, 0.25) is 0 Å². The Labute approximate surface area is 152 Å². The average Bonchev–Trinajstić information content (AvgIpc) is 2.85. The van der Waals surface area contributed by atoms with Crippen molar-refractivity contribution >= 4 is 39.5 Å². The number of thiophene rings is 1. The Kier molecular flexibility index (Phi) is 6.02. The molecule has 1 aromatic carbocycles. The molecule has 0 fully saturated rings. The summed E-state index contributed by atoms with van der Waals surface area (Å²) in [5, 5.41) is 6.15. The van der Waals surface area contributed by atoms with E-state index in [0.29, 0.717) is 0 Å². The maximum Gasteiger partial charge on any atom is 0.126 e. The van der Waals surface area contributed by atoms with Crippen molar-refractivity contribution in [1.82, 2.24) is 5.43 Å². The highest BCUT2D eigenvalue weighted by molar-refractivity contribution is 7.17. The quantitative estimate of drug-likeness (QED) is 0.495. The fourth-order valence-electron chi connectivity index (χ4n) is 2.50. The number of hydrazone groups is 1. The summed E-state index contributed by atoms with van der Waals surface area (Å²) < 4.78 is 0. The topological polar surface area (TPSA) is 40.0 Å². The minimum Gasteiger partial charge on any atom is -0.323 e.